The molecule has 0 aromatic rings. The molecule has 0 amide bonds. The van der Waals surface area contributed by atoms with E-state index < -0.39 is 17.7 Å². The van der Waals surface area contributed by atoms with Gasteiger partial charge in [-0.2, -0.15) is 0 Å². The van der Waals surface area contributed by atoms with Gasteiger partial charge in [0.15, 0.2) is 0 Å². The SMILES string of the molecule is CCCC[P+](CCCC)(CCCC)CCCC.O=S(=O)([O-])[O-].[H+]. The van der Waals surface area contributed by atoms with Crippen LogP contribution in [-0.2, 0) is 10.4 Å². The monoisotopic (exact) mass is 356 g/mol. The topological polar surface area (TPSA) is 80.3 Å². The highest BCUT2D eigenvalue weighted by Crippen LogP contribution is 2.61. The molecule has 0 heterocycles. The van der Waals surface area contributed by atoms with Crippen molar-refractivity contribution in [1.29, 1.82) is 0 Å². The van der Waals surface area contributed by atoms with E-state index in [-0.39, 0.29) is 1.43 Å². The van der Waals surface area contributed by atoms with Gasteiger partial charge in [0.05, 0.1) is 24.6 Å². The Morgan fingerprint density at radius 1 is 0.682 bits per heavy atom. The van der Waals surface area contributed by atoms with Crippen LogP contribution in [0.4, 0.5) is 0 Å². The summed E-state index contributed by atoms with van der Waals surface area (Å²) in [5.74, 6) is 0. The molecule has 0 unspecified atom stereocenters. The van der Waals surface area contributed by atoms with Crippen LogP contribution >= 0.6 is 7.26 Å². The summed E-state index contributed by atoms with van der Waals surface area (Å²) in [6.07, 6.45) is 17.9. The third-order valence-corrected chi connectivity index (χ3v) is 9.00. The van der Waals surface area contributed by atoms with Gasteiger partial charge in [-0.15, -0.1) is 0 Å². The first-order valence-corrected chi connectivity index (χ1v) is 12.6. The minimum atomic E-state index is -5.17. The molecule has 0 bridgehead atoms. The first kappa shape index (κ1) is 24.6. The van der Waals surface area contributed by atoms with E-state index >= 15 is 0 Å². The zero-order chi connectivity index (χ0) is 17.5. The van der Waals surface area contributed by atoms with Crippen molar-refractivity contribution in [3.8, 4) is 0 Å². The summed E-state index contributed by atoms with van der Waals surface area (Å²) in [7, 11) is -5.73. The molecule has 0 aliphatic carbocycles. The quantitative estimate of drug-likeness (QED) is 0.280. The Morgan fingerprint density at radius 2 is 0.864 bits per heavy atom. The highest BCUT2D eigenvalue weighted by atomic mass is 32.3. The van der Waals surface area contributed by atoms with Crippen LogP contribution in [0.5, 0.6) is 0 Å². The molecule has 0 rings (SSSR count). The van der Waals surface area contributed by atoms with Crippen LogP contribution in [0, 0.1) is 0 Å². The lowest BCUT2D eigenvalue weighted by atomic mass is 10.4. The molecular formula is C16H37O4PS. The van der Waals surface area contributed by atoms with Crippen LogP contribution in [0.3, 0.4) is 0 Å². The molecule has 0 N–H and O–H groups in total. The van der Waals surface area contributed by atoms with Crippen molar-refractivity contribution in [3.05, 3.63) is 0 Å². The minimum absolute atomic E-state index is 0. The largest absolute Gasteiger partial charge is 1.00 e. The lowest BCUT2D eigenvalue weighted by Crippen LogP contribution is -2.12. The molecule has 136 valence electrons. The maximum absolute atomic E-state index is 8.52. The van der Waals surface area contributed by atoms with Gasteiger partial charge in [-0.05, 0) is 25.7 Å². The summed E-state index contributed by atoms with van der Waals surface area (Å²) in [6, 6.07) is 0. The van der Waals surface area contributed by atoms with E-state index in [9.17, 15) is 0 Å². The Balaban J connectivity index is -0.000000578. The van der Waals surface area contributed by atoms with Gasteiger partial charge < -0.3 is 9.11 Å². The third-order valence-electron chi connectivity index (χ3n) is 3.94. The van der Waals surface area contributed by atoms with Gasteiger partial charge in [-0.1, -0.05) is 53.4 Å². The standard InChI is InChI=1S/C16H36P.H2O4S/c1-5-9-13-17(14-10-6-2,15-11-7-3)16-12-8-4;1-5(2,3)4/h5-16H2,1-4H3;(H2,1,2,3,4)/q+1;/p-1. The average molecular weight is 357 g/mol. The zero-order valence-electron chi connectivity index (χ0n) is 16.0. The maximum atomic E-state index is 8.52. The van der Waals surface area contributed by atoms with Crippen LogP contribution in [0.25, 0.3) is 0 Å². The van der Waals surface area contributed by atoms with Crippen LogP contribution in [0.2, 0.25) is 0 Å². The summed E-state index contributed by atoms with van der Waals surface area (Å²) in [6.45, 7) is 9.42. The lowest BCUT2D eigenvalue weighted by Gasteiger charge is -2.28. The second kappa shape index (κ2) is 14.9. The number of hydrogen-bond donors (Lipinski definition) is 0. The highest BCUT2D eigenvalue weighted by Gasteiger charge is 2.34. The molecule has 6 heteroatoms. The Kier molecular flexibility index (Phi) is 16.6. The second-order valence-corrected chi connectivity index (χ2v) is 11.3. The van der Waals surface area contributed by atoms with E-state index in [1.165, 1.54) is 51.4 Å². The van der Waals surface area contributed by atoms with Gasteiger partial charge in [-0.25, -0.2) is 0 Å². The van der Waals surface area contributed by atoms with Gasteiger partial charge in [0, 0.05) is 17.7 Å². The van der Waals surface area contributed by atoms with Gasteiger partial charge >= 0.3 is 1.43 Å². The van der Waals surface area contributed by atoms with Gasteiger partial charge in [0.25, 0.3) is 0 Å². The number of unbranched alkanes of at least 4 members (excludes halogenated alkanes) is 4. The van der Waals surface area contributed by atoms with Crippen LogP contribution in [0.15, 0.2) is 0 Å². The van der Waals surface area contributed by atoms with Crippen molar-refractivity contribution < 1.29 is 18.9 Å². The van der Waals surface area contributed by atoms with E-state index in [1.807, 2.05) is 0 Å². The molecule has 0 saturated heterocycles. The fourth-order valence-electron chi connectivity index (χ4n) is 2.64. The summed E-state index contributed by atoms with van der Waals surface area (Å²) >= 11 is 0. The molecule has 0 aliphatic heterocycles. The molecule has 0 radical (unpaired) electrons. The van der Waals surface area contributed by atoms with Crippen molar-refractivity contribution in [3.63, 3.8) is 0 Å². The maximum Gasteiger partial charge on any atom is 1.00 e. The summed E-state index contributed by atoms with van der Waals surface area (Å²) in [4.78, 5) is 0. The molecule has 0 aliphatic rings. The molecule has 4 nitrogen and oxygen atoms in total. The van der Waals surface area contributed by atoms with Crippen LogP contribution in [-0.4, -0.2) is 42.2 Å². The molecular weight excluding hydrogens is 319 g/mol. The molecule has 0 aromatic heterocycles. The summed E-state index contributed by atoms with van der Waals surface area (Å²) in [5, 5.41) is 0. The van der Waals surface area contributed by atoms with Crippen molar-refractivity contribution in [1.82, 2.24) is 0 Å². The first-order valence-electron chi connectivity index (χ1n) is 8.76. The Bertz CT molecular complexity index is 291. The van der Waals surface area contributed by atoms with Gasteiger partial charge in [-0.3, -0.25) is 8.42 Å². The fourth-order valence-corrected chi connectivity index (χ4v) is 7.93. The highest BCUT2D eigenvalue weighted by molar-refractivity contribution is 7.79. The molecule has 0 atom stereocenters. The summed E-state index contributed by atoms with van der Waals surface area (Å²) < 4.78 is 34.1. The van der Waals surface area contributed by atoms with E-state index in [4.69, 9.17) is 17.5 Å². The molecule has 0 saturated carbocycles. The zero-order valence-corrected chi connectivity index (χ0v) is 16.7. The predicted molar refractivity (Wildman–Crippen MR) is 97.6 cm³/mol. The number of hydrogen-bond acceptors (Lipinski definition) is 4. The van der Waals surface area contributed by atoms with Crippen molar-refractivity contribution in [2.75, 3.05) is 24.6 Å². The Hall–Kier alpha value is 0.300. The van der Waals surface area contributed by atoms with E-state index in [0.717, 1.165) is 0 Å². The summed E-state index contributed by atoms with van der Waals surface area (Å²) in [5.41, 5.74) is 0. The first-order chi connectivity index (χ1) is 10.2. The third kappa shape index (κ3) is 18.3. The van der Waals surface area contributed by atoms with Gasteiger partial charge in [0.1, 0.15) is 0 Å². The number of rotatable bonds is 12. The predicted octanol–water partition coefficient (Wildman–Crippen LogP) is 4.98. The lowest BCUT2D eigenvalue weighted by molar-refractivity contribution is 0.352. The molecule has 0 aromatic carbocycles. The Labute approximate surface area is 140 Å². The van der Waals surface area contributed by atoms with Crippen molar-refractivity contribution in [2.45, 2.75) is 79.1 Å². The van der Waals surface area contributed by atoms with E-state index in [1.54, 1.807) is 24.6 Å². The molecule has 0 fully saturated rings. The van der Waals surface area contributed by atoms with E-state index in [2.05, 4.69) is 27.7 Å². The molecule has 22 heavy (non-hydrogen) atoms. The van der Waals surface area contributed by atoms with Gasteiger partial charge in [0.2, 0.25) is 0 Å². The van der Waals surface area contributed by atoms with E-state index in [0.29, 0.717) is 0 Å². The average Bonchev–Trinajstić information content (AvgIpc) is 2.44. The van der Waals surface area contributed by atoms with Crippen LogP contribution in [0.1, 0.15) is 80.5 Å². The van der Waals surface area contributed by atoms with Crippen LogP contribution < -0.4 is 0 Å². The second-order valence-electron chi connectivity index (χ2n) is 6.06. The van der Waals surface area contributed by atoms with Crippen molar-refractivity contribution >= 4 is 17.7 Å². The molecule has 0 spiro atoms. The van der Waals surface area contributed by atoms with Crippen molar-refractivity contribution in [2.24, 2.45) is 0 Å². The Morgan fingerprint density at radius 3 is 1.00 bits per heavy atom. The minimum Gasteiger partial charge on any atom is -0.759 e. The fraction of sp³-hybridized carbons (Fsp3) is 1.00. The normalized spacial score (nSPS) is 11.9. The smallest absolute Gasteiger partial charge is 0.759 e.